The summed E-state index contributed by atoms with van der Waals surface area (Å²) in [5.41, 5.74) is -0.605. The predicted molar refractivity (Wildman–Crippen MR) is 93.1 cm³/mol. The van der Waals surface area contributed by atoms with E-state index < -0.39 is 17.2 Å². The lowest BCUT2D eigenvalue weighted by atomic mass is 10.0. The number of benzene rings is 1. The van der Waals surface area contributed by atoms with Crippen molar-refractivity contribution in [2.24, 2.45) is 0 Å². The van der Waals surface area contributed by atoms with Crippen LogP contribution in [0.4, 0.5) is 0 Å². The first-order chi connectivity index (χ1) is 11.9. The molecule has 0 fully saturated rings. The second-order valence-corrected chi connectivity index (χ2v) is 5.77. The van der Waals surface area contributed by atoms with E-state index in [1.165, 1.54) is 6.92 Å². The molecule has 1 atom stereocenters. The summed E-state index contributed by atoms with van der Waals surface area (Å²) in [4.78, 5) is 25.0. The third-order valence-electron chi connectivity index (χ3n) is 4.17. The maximum absolute atomic E-state index is 12.6. The maximum atomic E-state index is 12.6. The average Bonchev–Trinajstić information content (AvgIpc) is 2.61. The average molecular weight is 340 g/mol. The Kier molecular flexibility index (Phi) is 5.60. The lowest BCUT2D eigenvalue weighted by Gasteiger charge is -2.19. The van der Waals surface area contributed by atoms with Crippen LogP contribution in [0.5, 0.6) is 11.6 Å². The number of para-hydroxylation sites is 1. The van der Waals surface area contributed by atoms with Crippen LogP contribution in [0.15, 0.2) is 35.1 Å². The zero-order valence-corrected chi connectivity index (χ0v) is 14.4. The van der Waals surface area contributed by atoms with Crippen molar-refractivity contribution in [2.75, 3.05) is 6.61 Å². The summed E-state index contributed by atoms with van der Waals surface area (Å²) in [5.74, 6) is -0.395. The van der Waals surface area contributed by atoms with Gasteiger partial charge >= 0.3 is 0 Å². The lowest BCUT2D eigenvalue weighted by Crippen LogP contribution is -2.29. The Morgan fingerprint density at radius 3 is 2.56 bits per heavy atom. The van der Waals surface area contributed by atoms with Crippen LogP contribution < -0.4 is 10.3 Å². The first-order valence-corrected chi connectivity index (χ1v) is 8.01. The molecule has 0 bridgehead atoms. The van der Waals surface area contributed by atoms with Crippen LogP contribution in [-0.4, -0.2) is 22.1 Å². The van der Waals surface area contributed by atoms with Crippen LogP contribution in [0.1, 0.15) is 47.8 Å². The Bertz CT molecular complexity index is 879. The van der Waals surface area contributed by atoms with E-state index in [0.29, 0.717) is 12.2 Å². The molecule has 1 unspecified atom stereocenters. The number of rotatable bonds is 6. The third kappa shape index (κ3) is 3.56. The Labute approximate surface area is 145 Å². The first-order valence-electron chi connectivity index (χ1n) is 8.01. The highest BCUT2D eigenvalue weighted by molar-refractivity contribution is 6.01. The number of nitrogens with zero attached hydrogens (tertiary/aromatic N) is 2. The summed E-state index contributed by atoms with van der Waals surface area (Å²) >= 11 is 0. The molecule has 0 spiro atoms. The lowest BCUT2D eigenvalue weighted by molar-refractivity contribution is 0.0916. The Morgan fingerprint density at radius 2 is 2.00 bits per heavy atom. The van der Waals surface area contributed by atoms with Gasteiger partial charge < -0.3 is 9.84 Å². The summed E-state index contributed by atoms with van der Waals surface area (Å²) in [7, 11) is 0. The van der Waals surface area contributed by atoms with Crippen molar-refractivity contribution in [3.05, 3.63) is 57.4 Å². The molecule has 1 N–H and O–H groups in total. The van der Waals surface area contributed by atoms with Gasteiger partial charge in [-0.2, -0.15) is 5.26 Å². The fourth-order valence-corrected chi connectivity index (χ4v) is 2.58. The molecule has 130 valence electrons. The number of carbonyl (C=O) groups is 1. The van der Waals surface area contributed by atoms with Gasteiger partial charge in [-0.05, 0) is 38.0 Å². The minimum absolute atomic E-state index is 0.0487. The molecule has 0 saturated carbocycles. The van der Waals surface area contributed by atoms with E-state index in [1.807, 2.05) is 19.1 Å². The van der Waals surface area contributed by atoms with Crippen LogP contribution in [0.25, 0.3) is 0 Å². The van der Waals surface area contributed by atoms with E-state index in [2.05, 4.69) is 0 Å². The fraction of sp³-hybridized carbons (Fsp3) is 0.316. The minimum Gasteiger partial charge on any atom is -0.494 e. The highest BCUT2D eigenvalue weighted by Crippen LogP contribution is 2.26. The fourth-order valence-electron chi connectivity index (χ4n) is 2.58. The van der Waals surface area contributed by atoms with Gasteiger partial charge in [-0.25, -0.2) is 0 Å². The molecule has 0 radical (unpaired) electrons. The van der Waals surface area contributed by atoms with Gasteiger partial charge in [0.25, 0.3) is 5.56 Å². The molecule has 1 aromatic carbocycles. The van der Waals surface area contributed by atoms with E-state index >= 15 is 0 Å². The SMILES string of the molecule is CCC(C)n1c(O)c(C(=O)COc2ccccc2)c(C)c(C#N)c1=O. The van der Waals surface area contributed by atoms with Crippen molar-refractivity contribution in [1.29, 1.82) is 5.26 Å². The molecule has 25 heavy (non-hydrogen) atoms. The number of hydrogen-bond donors (Lipinski definition) is 1. The summed E-state index contributed by atoms with van der Waals surface area (Å²) in [5, 5.41) is 19.8. The van der Waals surface area contributed by atoms with Crippen molar-refractivity contribution in [2.45, 2.75) is 33.2 Å². The molecule has 0 saturated heterocycles. The topological polar surface area (TPSA) is 92.3 Å². The number of aromatic nitrogens is 1. The van der Waals surface area contributed by atoms with Crippen molar-refractivity contribution < 1.29 is 14.6 Å². The maximum Gasteiger partial charge on any atom is 0.271 e. The second-order valence-electron chi connectivity index (χ2n) is 5.77. The smallest absolute Gasteiger partial charge is 0.271 e. The van der Waals surface area contributed by atoms with Crippen molar-refractivity contribution in [1.82, 2.24) is 4.57 Å². The Balaban J connectivity index is 2.47. The molecule has 1 heterocycles. The number of aromatic hydroxyl groups is 1. The van der Waals surface area contributed by atoms with Crippen LogP contribution >= 0.6 is 0 Å². The monoisotopic (exact) mass is 340 g/mol. The van der Waals surface area contributed by atoms with Crippen molar-refractivity contribution >= 4 is 5.78 Å². The molecule has 2 aromatic rings. The summed E-state index contributed by atoms with van der Waals surface area (Å²) in [6.07, 6.45) is 0.565. The van der Waals surface area contributed by atoms with Gasteiger partial charge in [-0.3, -0.25) is 14.2 Å². The van der Waals surface area contributed by atoms with Crippen LogP contribution in [0.3, 0.4) is 0 Å². The van der Waals surface area contributed by atoms with Gasteiger partial charge in [-0.15, -0.1) is 0 Å². The third-order valence-corrected chi connectivity index (χ3v) is 4.17. The summed E-state index contributed by atoms with van der Waals surface area (Å²) in [6.45, 7) is 4.77. The van der Waals surface area contributed by atoms with Gasteiger partial charge in [0, 0.05) is 6.04 Å². The van der Waals surface area contributed by atoms with E-state index in [0.717, 1.165) is 4.57 Å². The van der Waals surface area contributed by atoms with Crippen molar-refractivity contribution in [3.63, 3.8) is 0 Å². The van der Waals surface area contributed by atoms with Crippen LogP contribution in [0, 0.1) is 18.3 Å². The van der Waals surface area contributed by atoms with Gasteiger partial charge in [0.05, 0.1) is 5.56 Å². The number of ketones is 1. The normalized spacial score (nSPS) is 11.6. The van der Waals surface area contributed by atoms with E-state index in [1.54, 1.807) is 31.2 Å². The van der Waals surface area contributed by atoms with Gasteiger partial charge in [0.15, 0.2) is 6.61 Å². The van der Waals surface area contributed by atoms with E-state index in [-0.39, 0.29) is 29.3 Å². The number of pyridine rings is 1. The largest absolute Gasteiger partial charge is 0.494 e. The first kappa shape index (κ1) is 18.3. The number of nitriles is 1. The predicted octanol–water partition coefficient (Wildman–Crippen LogP) is 2.97. The molecule has 0 aliphatic rings. The Hall–Kier alpha value is -3.07. The van der Waals surface area contributed by atoms with E-state index in [9.17, 15) is 20.0 Å². The zero-order chi connectivity index (χ0) is 18.6. The number of hydrogen-bond acceptors (Lipinski definition) is 5. The standard InChI is InChI=1S/C19H20N2O4/c1-4-12(2)21-18(23)15(10-20)13(3)17(19(21)24)16(22)11-25-14-8-6-5-7-9-14/h5-9,12,24H,4,11H2,1-3H3. The molecule has 1 aromatic heterocycles. The van der Waals surface area contributed by atoms with Crippen LogP contribution in [-0.2, 0) is 0 Å². The number of ether oxygens (including phenoxy) is 1. The highest BCUT2D eigenvalue weighted by atomic mass is 16.5. The molecular weight excluding hydrogens is 320 g/mol. The second kappa shape index (κ2) is 7.67. The van der Waals surface area contributed by atoms with Gasteiger partial charge in [-0.1, -0.05) is 25.1 Å². The van der Waals surface area contributed by atoms with Gasteiger partial charge in [0.1, 0.15) is 17.4 Å². The van der Waals surface area contributed by atoms with Gasteiger partial charge in [0.2, 0.25) is 11.7 Å². The number of Topliss-reactive ketones (excluding diaryl/α,β-unsaturated/α-hetero) is 1. The molecule has 6 heteroatoms. The quantitative estimate of drug-likeness (QED) is 0.816. The molecule has 0 aliphatic heterocycles. The van der Waals surface area contributed by atoms with Crippen LogP contribution in [0.2, 0.25) is 0 Å². The minimum atomic E-state index is -0.590. The molecule has 6 nitrogen and oxygen atoms in total. The molecular formula is C19H20N2O4. The molecule has 0 aliphatic carbocycles. The highest BCUT2D eigenvalue weighted by Gasteiger charge is 2.25. The zero-order valence-electron chi connectivity index (χ0n) is 14.4. The van der Waals surface area contributed by atoms with Crippen molar-refractivity contribution in [3.8, 4) is 17.7 Å². The molecule has 2 rings (SSSR count). The summed E-state index contributed by atoms with van der Waals surface area (Å²) in [6, 6.07) is 10.3. The number of carbonyl (C=O) groups excluding carboxylic acids is 1. The van der Waals surface area contributed by atoms with E-state index in [4.69, 9.17) is 4.74 Å². The summed E-state index contributed by atoms with van der Waals surface area (Å²) < 4.78 is 6.53. The Morgan fingerprint density at radius 1 is 1.36 bits per heavy atom. The molecule has 0 amide bonds.